The van der Waals surface area contributed by atoms with Gasteiger partial charge in [-0.25, -0.2) is 0 Å². The molecule has 0 saturated carbocycles. The molecule has 0 amide bonds. The molecule has 0 aliphatic heterocycles. The fraction of sp³-hybridized carbons (Fsp3) is 0.909. The van der Waals surface area contributed by atoms with Crippen LogP contribution in [0.2, 0.25) is 0 Å². The fourth-order valence-corrected chi connectivity index (χ4v) is 1.99. The molecule has 0 atom stereocenters. The summed E-state index contributed by atoms with van der Waals surface area (Å²) in [7, 11) is 1.40. The average Bonchev–Trinajstić information content (AvgIpc) is 2.00. The molecule has 4 heteroatoms. The Balaban J connectivity index is 4.43. The Labute approximate surface area is 102 Å². The minimum atomic E-state index is -0.436. The molecule has 0 heterocycles. The van der Waals surface area contributed by atoms with Gasteiger partial charge in [-0.3, -0.25) is 4.79 Å². The third-order valence-electron chi connectivity index (χ3n) is 2.38. The quantitative estimate of drug-likeness (QED) is 0.551. The van der Waals surface area contributed by atoms with E-state index in [0.29, 0.717) is 6.42 Å². The second-order valence-corrected chi connectivity index (χ2v) is 6.48. The molecule has 0 aromatic heterocycles. The third kappa shape index (κ3) is 5.62. The number of alkyl halides is 2. The number of ether oxygens (including phenoxy) is 1. The molecule has 0 aliphatic rings. The molecule has 0 spiro atoms. The van der Waals surface area contributed by atoms with Gasteiger partial charge in [-0.15, -0.1) is 23.2 Å². The maximum absolute atomic E-state index is 11.2. The van der Waals surface area contributed by atoms with Crippen LogP contribution in [0, 0.1) is 10.8 Å². The van der Waals surface area contributed by atoms with E-state index in [-0.39, 0.29) is 16.8 Å². The summed E-state index contributed by atoms with van der Waals surface area (Å²) in [6, 6.07) is 0. The molecular weight excluding hydrogens is 235 g/mol. The molecule has 0 bridgehead atoms. The van der Waals surface area contributed by atoms with Crippen LogP contribution in [-0.2, 0) is 9.53 Å². The first-order valence-corrected chi connectivity index (χ1v) is 5.83. The highest BCUT2D eigenvalue weighted by Gasteiger charge is 2.34. The van der Waals surface area contributed by atoms with Gasteiger partial charge in [0.25, 0.3) is 0 Å². The number of carbonyl (C=O) groups excluding carboxylic acids is 1. The zero-order valence-electron chi connectivity index (χ0n) is 10.1. The van der Waals surface area contributed by atoms with E-state index in [0.717, 1.165) is 6.42 Å². The van der Waals surface area contributed by atoms with Gasteiger partial charge < -0.3 is 4.74 Å². The summed E-state index contributed by atoms with van der Waals surface area (Å²) in [6.07, 6.45) is 1.15. The van der Waals surface area contributed by atoms with Crippen molar-refractivity contribution in [1.29, 1.82) is 0 Å². The van der Waals surface area contributed by atoms with E-state index in [1.54, 1.807) is 0 Å². The van der Waals surface area contributed by atoms with Crippen molar-refractivity contribution in [2.24, 2.45) is 10.8 Å². The lowest BCUT2D eigenvalue weighted by Crippen LogP contribution is -2.30. The summed E-state index contributed by atoms with van der Waals surface area (Å²) < 4.78 is 4.66. The van der Waals surface area contributed by atoms with Crippen LogP contribution in [0.25, 0.3) is 0 Å². The summed E-state index contributed by atoms with van der Waals surface area (Å²) in [6.45, 7) is 8.02. The van der Waals surface area contributed by atoms with E-state index in [1.807, 2.05) is 27.7 Å². The second-order valence-electron chi connectivity index (χ2n) is 5.38. The number of carbonyl (C=O) groups is 1. The Bertz CT molecular complexity index is 223. The van der Waals surface area contributed by atoms with Crippen molar-refractivity contribution in [2.45, 2.75) is 45.4 Å². The van der Waals surface area contributed by atoms with E-state index < -0.39 is 4.84 Å². The Morgan fingerprint density at radius 2 is 1.73 bits per heavy atom. The third-order valence-corrected chi connectivity index (χ3v) is 3.56. The first kappa shape index (κ1) is 15.0. The molecule has 0 radical (unpaired) electrons. The Kier molecular flexibility index (Phi) is 5.42. The topological polar surface area (TPSA) is 26.3 Å². The van der Waals surface area contributed by atoms with E-state index >= 15 is 0 Å². The number of rotatable bonds is 5. The predicted molar refractivity (Wildman–Crippen MR) is 64.3 cm³/mol. The van der Waals surface area contributed by atoms with Crippen molar-refractivity contribution in [3.63, 3.8) is 0 Å². The number of halogens is 2. The Morgan fingerprint density at radius 3 is 2.07 bits per heavy atom. The van der Waals surface area contributed by atoms with Crippen molar-refractivity contribution >= 4 is 29.2 Å². The maximum Gasteiger partial charge on any atom is 0.306 e. The van der Waals surface area contributed by atoms with Crippen molar-refractivity contribution in [1.82, 2.24) is 0 Å². The highest BCUT2D eigenvalue weighted by molar-refractivity contribution is 6.44. The summed E-state index contributed by atoms with van der Waals surface area (Å²) >= 11 is 11.8. The fourth-order valence-electron chi connectivity index (χ4n) is 1.84. The van der Waals surface area contributed by atoms with Gasteiger partial charge in [-0.2, -0.15) is 0 Å². The minimum absolute atomic E-state index is 0.154. The second kappa shape index (κ2) is 5.40. The standard InChI is InChI=1S/C11H20Cl2O2/c1-10(2,6-8(14)15-5)7-11(3,4)9(12)13/h9H,6-7H2,1-5H3. The number of methoxy groups -OCH3 is 1. The zero-order chi connectivity index (χ0) is 12.3. The van der Waals surface area contributed by atoms with Gasteiger partial charge in [-0.05, 0) is 17.3 Å². The van der Waals surface area contributed by atoms with Gasteiger partial charge in [0, 0.05) is 0 Å². The first-order chi connectivity index (χ1) is 6.60. The van der Waals surface area contributed by atoms with E-state index in [9.17, 15) is 4.79 Å². The molecule has 0 rings (SSSR count). The molecule has 2 nitrogen and oxygen atoms in total. The lowest BCUT2D eigenvalue weighted by Gasteiger charge is -2.35. The molecule has 0 aliphatic carbocycles. The number of hydrogen-bond donors (Lipinski definition) is 0. The highest BCUT2D eigenvalue weighted by atomic mass is 35.5. The summed E-state index contributed by atoms with van der Waals surface area (Å²) in [5, 5.41) is 0. The number of esters is 1. The normalized spacial score (nSPS) is 13.1. The molecule has 15 heavy (non-hydrogen) atoms. The van der Waals surface area contributed by atoms with E-state index in [2.05, 4.69) is 4.74 Å². The van der Waals surface area contributed by atoms with Crippen molar-refractivity contribution in [2.75, 3.05) is 7.11 Å². The smallest absolute Gasteiger partial charge is 0.306 e. The van der Waals surface area contributed by atoms with Crippen LogP contribution in [0.4, 0.5) is 0 Å². The molecule has 0 fully saturated rings. The van der Waals surface area contributed by atoms with E-state index in [4.69, 9.17) is 23.2 Å². The van der Waals surface area contributed by atoms with Crippen molar-refractivity contribution < 1.29 is 9.53 Å². The van der Waals surface area contributed by atoms with Gasteiger partial charge >= 0.3 is 5.97 Å². The van der Waals surface area contributed by atoms with Crippen molar-refractivity contribution in [3.05, 3.63) is 0 Å². The maximum atomic E-state index is 11.2. The van der Waals surface area contributed by atoms with Crippen LogP contribution < -0.4 is 0 Å². The van der Waals surface area contributed by atoms with Crippen LogP contribution in [-0.4, -0.2) is 17.9 Å². The molecule has 90 valence electrons. The highest BCUT2D eigenvalue weighted by Crippen LogP contribution is 2.41. The zero-order valence-corrected chi connectivity index (χ0v) is 11.6. The Hall–Kier alpha value is 0.0500. The average molecular weight is 255 g/mol. The molecule has 0 N–H and O–H groups in total. The van der Waals surface area contributed by atoms with Crippen LogP contribution >= 0.6 is 23.2 Å². The lowest BCUT2D eigenvalue weighted by atomic mass is 9.74. The van der Waals surface area contributed by atoms with Crippen molar-refractivity contribution in [3.8, 4) is 0 Å². The Morgan fingerprint density at radius 1 is 1.27 bits per heavy atom. The summed E-state index contributed by atoms with van der Waals surface area (Å²) in [5.74, 6) is -0.198. The molecule has 0 aromatic carbocycles. The van der Waals surface area contributed by atoms with Crippen LogP contribution in [0.3, 0.4) is 0 Å². The lowest BCUT2D eigenvalue weighted by molar-refractivity contribution is -0.143. The largest absolute Gasteiger partial charge is 0.469 e. The monoisotopic (exact) mass is 254 g/mol. The van der Waals surface area contributed by atoms with Gasteiger partial charge in [0.05, 0.1) is 13.5 Å². The molecule has 0 saturated heterocycles. The van der Waals surface area contributed by atoms with Crippen LogP contribution in [0.15, 0.2) is 0 Å². The summed E-state index contributed by atoms with van der Waals surface area (Å²) in [5.41, 5.74) is -0.362. The van der Waals surface area contributed by atoms with E-state index in [1.165, 1.54) is 7.11 Å². The molecule has 0 unspecified atom stereocenters. The SMILES string of the molecule is COC(=O)CC(C)(C)CC(C)(C)C(Cl)Cl. The first-order valence-electron chi connectivity index (χ1n) is 4.96. The predicted octanol–water partition coefficient (Wildman–Crippen LogP) is 3.80. The number of hydrogen-bond acceptors (Lipinski definition) is 2. The van der Waals surface area contributed by atoms with Gasteiger partial charge in [0.2, 0.25) is 0 Å². The van der Waals surface area contributed by atoms with Gasteiger partial charge in [-0.1, -0.05) is 27.7 Å². The summed E-state index contributed by atoms with van der Waals surface area (Å²) in [4.78, 5) is 10.8. The molecule has 0 aromatic rings. The molecular formula is C11H20Cl2O2. The van der Waals surface area contributed by atoms with Crippen LogP contribution in [0.5, 0.6) is 0 Å². The minimum Gasteiger partial charge on any atom is -0.469 e. The van der Waals surface area contributed by atoms with Gasteiger partial charge in [0.15, 0.2) is 0 Å². The van der Waals surface area contributed by atoms with Gasteiger partial charge in [0.1, 0.15) is 4.84 Å². The van der Waals surface area contributed by atoms with Crippen LogP contribution in [0.1, 0.15) is 40.5 Å².